The lowest BCUT2D eigenvalue weighted by atomic mass is 9.54. The number of carboxylic acids is 1. The third-order valence-corrected chi connectivity index (χ3v) is 5.82. The average Bonchev–Trinajstić information content (AvgIpc) is 2.85. The lowest BCUT2D eigenvalue weighted by molar-refractivity contribution is -0.138. The van der Waals surface area contributed by atoms with Crippen LogP contribution in [0.25, 0.3) is 0 Å². The molecule has 5 nitrogen and oxygen atoms in total. The highest BCUT2D eigenvalue weighted by atomic mass is 16.4. The lowest BCUT2D eigenvalue weighted by Gasteiger charge is -2.54. The summed E-state index contributed by atoms with van der Waals surface area (Å²) in [6.07, 6.45) is 8.17. The van der Waals surface area contributed by atoms with E-state index in [1.54, 1.807) is 6.92 Å². The first-order valence-electron chi connectivity index (χ1n) is 7.75. The molecule has 108 valence electrons. The number of carboxylic acid groups (broad SMARTS) is 1. The summed E-state index contributed by atoms with van der Waals surface area (Å²) in [5.41, 5.74) is 0. The molecule has 20 heavy (non-hydrogen) atoms. The molecule has 1 aromatic rings. The number of hydrogen-bond acceptors (Lipinski definition) is 3. The van der Waals surface area contributed by atoms with Crippen LogP contribution in [0.2, 0.25) is 0 Å². The number of carbonyl (C=O) groups is 1. The summed E-state index contributed by atoms with van der Waals surface area (Å²) < 4.78 is 1.96. The van der Waals surface area contributed by atoms with Crippen molar-refractivity contribution in [1.82, 2.24) is 14.8 Å². The van der Waals surface area contributed by atoms with Gasteiger partial charge in [0.2, 0.25) is 0 Å². The maximum absolute atomic E-state index is 11.3. The SMILES string of the molecule is CC(C(=O)O)c1ncnn1C1C2CC3CC(C2)CC1C3. The molecule has 1 unspecified atom stereocenters. The molecule has 1 N–H and O–H groups in total. The zero-order valence-corrected chi connectivity index (χ0v) is 11.8. The van der Waals surface area contributed by atoms with Crippen molar-refractivity contribution in [2.24, 2.45) is 23.7 Å². The van der Waals surface area contributed by atoms with E-state index in [2.05, 4.69) is 10.1 Å². The summed E-state index contributed by atoms with van der Waals surface area (Å²) in [5, 5.41) is 13.7. The van der Waals surface area contributed by atoms with E-state index in [0.29, 0.717) is 23.7 Å². The number of nitrogens with zero attached hydrogens (tertiary/aromatic N) is 3. The Labute approximate surface area is 118 Å². The zero-order chi connectivity index (χ0) is 13.9. The molecule has 4 aliphatic carbocycles. The van der Waals surface area contributed by atoms with Crippen LogP contribution in [0.15, 0.2) is 6.33 Å². The van der Waals surface area contributed by atoms with Gasteiger partial charge in [-0.2, -0.15) is 5.10 Å². The normalized spacial score (nSPS) is 40.0. The molecule has 0 radical (unpaired) electrons. The Kier molecular flexibility index (Phi) is 2.66. The Morgan fingerprint density at radius 2 is 1.85 bits per heavy atom. The van der Waals surface area contributed by atoms with E-state index in [9.17, 15) is 9.90 Å². The molecule has 0 saturated heterocycles. The highest BCUT2D eigenvalue weighted by Gasteiger charge is 2.50. The Hall–Kier alpha value is -1.39. The predicted molar refractivity (Wildman–Crippen MR) is 72.2 cm³/mol. The number of rotatable bonds is 3. The van der Waals surface area contributed by atoms with E-state index in [1.165, 1.54) is 38.4 Å². The Morgan fingerprint density at radius 1 is 1.25 bits per heavy atom. The van der Waals surface area contributed by atoms with Crippen LogP contribution in [-0.4, -0.2) is 25.8 Å². The molecule has 4 saturated carbocycles. The molecule has 0 aliphatic heterocycles. The third-order valence-electron chi connectivity index (χ3n) is 5.82. The fourth-order valence-corrected chi connectivity index (χ4v) is 5.21. The van der Waals surface area contributed by atoms with Crippen LogP contribution in [0.3, 0.4) is 0 Å². The van der Waals surface area contributed by atoms with Crippen molar-refractivity contribution in [1.29, 1.82) is 0 Å². The number of hydrogen-bond donors (Lipinski definition) is 1. The molecule has 5 rings (SSSR count). The van der Waals surface area contributed by atoms with Gasteiger partial charge in [0.15, 0.2) is 0 Å². The highest BCUT2D eigenvalue weighted by Crippen LogP contribution is 2.58. The van der Waals surface area contributed by atoms with E-state index in [4.69, 9.17) is 0 Å². The first kappa shape index (κ1) is 12.4. The van der Waals surface area contributed by atoms with Crippen molar-refractivity contribution in [2.75, 3.05) is 0 Å². The topological polar surface area (TPSA) is 68.0 Å². The van der Waals surface area contributed by atoms with Gasteiger partial charge < -0.3 is 5.11 Å². The molecular formula is C15H21N3O2. The molecule has 4 fully saturated rings. The second kappa shape index (κ2) is 4.30. The summed E-state index contributed by atoms with van der Waals surface area (Å²) >= 11 is 0. The van der Waals surface area contributed by atoms with E-state index < -0.39 is 11.9 Å². The van der Waals surface area contributed by atoms with Gasteiger partial charge in [-0.15, -0.1) is 0 Å². The van der Waals surface area contributed by atoms with Crippen LogP contribution < -0.4 is 0 Å². The van der Waals surface area contributed by atoms with Crippen molar-refractivity contribution < 1.29 is 9.90 Å². The summed E-state index contributed by atoms with van der Waals surface area (Å²) in [6, 6.07) is 0.391. The molecular weight excluding hydrogens is 254 g/mol. The average molecular weight is 275 g/mol. The highest BCUT2D eigenvalue weighted by molar-refractivity contribution is 5.74. The van der Waals surface area contributed by atoms with Crippen LogP contribution in [0.5, 0.6) is 0 Å². The summed E-state index contributed by atoms with van der Waals surface area (Å²) in [6.45, 7) is 1.71. The maximum atomic E-state index is 11.3. The van der Waals surface area contributed by atoms with Crippen LogP contribution >= 0.6 is 0 Å². The number of aliphatic carboxylic acids is 1. The van der Waals surface area contributed by atoms with Gasteiger partial charge in [0.05, 0.1) is 6.04 Å². The molecule has 0 spiro atoms. The smallest absolute Gasteiger partial charge is 0.313 e. The zero-order valence-electron chi connectivity index (χ0n) is 11.8. The van der Waals surface area contributed by atoms with Gasteiger partial charge in [-0.3, -0.25) is 4.79 Å². The first-order valence-corrected chi connectivity index (χ1v) is 7.75. The maximum Gasteiger partial charge on any atom is 0.313 e. The van der Waals surface area contributed by atoms with Crippen molar-refractivity contribution in [2.45, 2.75) is 51.0 Å². The predicted octanol–water partition coefficient (Wildman–Crippen LogP) is 2.46. The van der Waals surface area contributed by atoms with E-state index in [1.807, 2.05) is 4.68 Å². The monoisotopic (exact) mass is 275 g/mol. The quantitative estimate of drug-likeness (QED) is 0.920. The van der Waals surface area contributed by atoms with Crippen LogP contribution in [0.4, 0.5) is 0 Å². The van der Waals surface area contributed by atoms with E-state index >= 15 is 0 Å². The van der Waals surface area contributed by atoms with Crippen molar-refractivity contribution in [3.05, 3.63) is 12.2 Å². The van der Waals surface area contributed by atoms with Crippen LogP contribution in [0.1, 0.15) is 56.8 Å². The fourth-order valence-electron chi connectivity index (χ4n) is 5.21. The summed E-state index contributed by atoms with van der Waals surface area (Å²) in [7, 11) is 0. The molecule has 4 bridgehead atoms. The standard InChI is InChI=1S/C15H21N3O2/c1-8(15(19)20)14-16-7-17-18(14)13-11-3-9-2-10(5-11)6-12(13)4-9/h7-13H,2-6H2,1H3,(H,19,20). The largest absolute Gasteiger partial charge is 0.481 e. The van der Waals surface area contributed by atoms with Gasteiger partial charge >= 0.3 is 5.97 Å². The third kappa shape index (κ3) is 1.71. The number of aromatic nitrogens is 3. The van der Waals surface area contributed by atoms with Gasteiger partial charge in [0.1, 0.15) is 18.1 Å². The second-order valence-electron chi connectivity index (χ2n) is 7.04. The second-order valence-corrected chi connectivity index (χ2v) is 7.04. The molecule has 4 aliphatic rings. The molecule has 5 heteroatoms. The summed E-state index contributed by atoms with van der Waals surface area (Å²) in [4.78, 5) is 15.5. The van der Waals surface area contributed by atoms with Crippen LogP contribution in [0, 0.1) is 23.7 Å². The minimum absolute atomic E-state index is 0.391. The Morgan fingerprint density at radius 3 is 2.40 bits per heavy atom. The van der Waals surface area contributed by atoms with Gasteiger partial charge in [-0.1, -0.05) is 0 Å². The molecule has 1 aromatic heterocycles. The minimum atomic E-state index is -0.817. The lowest BCUT2D eigenvalue weighted by Crippen LogP contribution is -2.46. The van der Waals surface area contributed by atoms with E-state index in [-0.39, 0.29) is 0 Å². The minimum Gasteiger partial charge on any atom is -0.481 e. The Balaban J connectivity index is 1.68. The van der Waals surface area contributed by atoms with E-state index in [0.717, 1.165) is 11.8 Å². The summed E-state index contributed by atoms with van der Waals surface area (Å²) in [5.74, 6) is 2.45. The first-order chi connectivity index (χ1) is 9.63. The molecule has 0 amide bonds. The van der Waals surface area contributed by atoms with Crippen molar-refractivity contribution in [3.63, 3.8) is 0 Å². The van der Waals surface area contributed by atoms with Crippen LogP contribution in [-0.2, 0) is 4.79 Å². The van der Waals surface area contributed by atoms with Crippen molar-refractivity contribution in [3.8, 4) is 0 Å². The molecule has 1 atom stereocenters. The van der Waals surface area contributed by atoms with Gasteiger partial charge in [-0.05, 0) is 62.7 Å². The van der Waals surface area contributed by atoms with Gasteiger partial charge in [0, 0.05) is 0 Å². The van der Waals surface area contributed by atoms with Crippen molar-refractivity contribution >= 4 is 5.97 Å². The fraction of sp³-hybridized carbons (Fsp3) is 0.800. The molecule has 1 heterocycles. The van der Waals surface area contributed by atoms with Gasteiger partial charge in [0.25, 0.3) is 0 Å². The Bertz CT molecular complexity index is 511. The van der Waals surface area contributed by atoms with Gasteiger partial charge in [-0.25, -0.2) is 9.67 Å². The molecule has 0 aromatic carbocycles.